The fourth-order valence-electron chi connectivity index (χ4n) is 5.12. The molecule has 6 nitrogen and oxygen atoms in total. The van der Waals surface area contributed by atoms with Gasteiger partial charge in [-0.15, -0.1) is 0 Å². The van der Waals surface area contributed by atoms with E-state index < -0.39 is 5.97 Å². The van der Waals surface area contributed by atoms with Gasteiger partial charge in [0, 0.05) is 5.56 Å². The number of aromatic nitrogens is 1. The maximum Gasteiger partial charge on any atom is 0.337 e. The van der Waals surface area contributed by atoms with Crippen molar-refractivity contribution in [3.8, 4) is 5.75 Å². The Hall–Kier alpha value is -4.23. The molecule has 3 aromatic carbocycles. The molecule has 7 heteroatoms. The third-order valence-corrected chi connectivity index (χ3v) is 7.89. The Labute approximate surface area is 217 Å². The van der Waals surface area contributed by atoms with Gasteiger partial charge >= 0.3 is 5.97 Å². The summed E-state index contributed by atoms with van der Waals surface area (Å²) in [6, 6.07) is 23.1. The van der Waals surface area contributed by atoms with Gasteiger partial charge in [-0.2, -0.15) is 0 Å². The Balaban J connectivity index is 1.55. The molecule has 6 rings (SSSR count). The molecule has 0 N–H and O–H groups in total. The van der Waals surface area contributed by atoms with Crippen LogP contribution in [0.2, 0.25) is 0 Å². The Morgan fingerprint density at radius 2 is 1.84 bits per heavy atom. The average Bonchev–Trinajstić information content (AvgIpc) is 3.25. The van der Waals surface area contributed by atoms with Gasteiger partial charge in [-0.05, 0) is 65.4 Å². The predicted molar refractivity (Wildman–Crippen MR) is 144 cm³/mol. The lowest BCUT2D eigenvalue weighted by molar-refractivity contribution is 0.0600. The fourth-order valence-corrected chi connectivity index (χ4v) is 6.12. The number of hydrogen-bond acceptors (Lipinski definition) is 6. The molecule has 0 spiro atoms. The van der Waals surface area contributed by atoms with Crippen molar-refractivity contribution in [3.63, 3.8) is 0 Å². The number of fused-ring (bicyclic) bond motifs is 3. The normalized spacial score (nSPS) is 16.4. The van der Waals surface area contributed by atoms with Gasteiger partial charge in [-0.25, -0.2) is 9.79 Å². The lowest BCUT2D eigenvalue weighted by atomic mass is 9.83. The van der Waals surface area contributed by atoms with Crippen molar-refractivity contribution in [2.24, 2.45) is 4.99 Å². The van der Waals surface area contributed by atoms with E-state index in [1.807, 2.05) is 53.1 Å². The molecule has 2 heterocycles. The predicted octanol–water partition coefficient (Wildman–Crippen LogP) is 4.11. The third-order valence-electron chi connectivity index (χ3n) is 6.91. The van der Waals surface area contributed by atoms with Gasteiger partial charge in [0.25, 0.3) is 5.56 Å². The second kappa shape index (κ2) is 9.33. The highest BCUT2D eigenvalue weighted by atomic mass is 32.1. The summed E-state index contributed by atoms with van der Waals surface area (Å²) in [7, 11) is 3.01. The number of hydrogen-bond donors (Lipinski definition) is 0. The van der Waals surface area contributed by atoms with Gasteiger partial charge in [0.1, 0.15) is 5.75 Å². The van der Waals surface area contributed by atoms with Gasteiger partial charge < -0.3 is 9.47 Å². The van der Waals surface area contributed by atoms with E-state index in [0.717, 1.165) is 46.6 Å². The summed E-state index contributed by atoms with van der Waals surface area (Å²) in [5.74, 6) is 0.357. The van der Waals surface area contributed by atoms with Crippen LogP contribution in [0, 0.1) is 0 Å². The topological polar surface area (TPSA) is 69.9 Å². The minimum atomic E-state index is -0.393. The number of aryl methyl sites for hydroxylation is 1. The molecule has 0 radical (unpaired) electrons. The standard InChI is InChI=1S/C30H24N2O4S/c1-35-22-8-5-7-21(17-22)27-24-15-14-19-6-3-4-9-23(19)26(24)31-30-32(27)28(33)25(37-30)16-18-10-12-20(13-11-18)29(34)36-2/h3-13,16-17,27H,14-15H2,1-2H3/b25-16-. The molecule has 2 aliphatic rings. The molecule has 184 valence electrons. The molecule has 37 heavy (non-hydrogen) atoms. The van der Waals surface area contributed by atoms with Crippen LogP contribution in [0.15, 0.2) is 88.2 Å². The van der Waals surface area contributed by atoms with E-state index in [1.165, 1.54) is 24.0 Å². The molecule has 1 unspecified atom stereocenters. The second-order valence-corrected chi connectivity index (χ2v) is 10.0. The van der Waals surface area contributed by atoms with E-state index in [-0.39, 0.29) is 11.6 Å². The third kappa shape index (κ3) is 4.01. The van der Waals surface area contributed by atoms with Crippen LogP contribution in [0.1, 0.15) is 45.1 Å². The molecule has 4 aromatic rings. The van der Waals surface area contributed by atoms with Crippen LogP contribution < -0.4 is 19.6 Å². The molecule has 0 bridgehead atoms. The quantitative estimate of drug-likeness (QED) is 0.389. The van der Waals surface area contributed by atoms with Crippen LogP contribution >= 0.6 is 11.3 Å². The van der Waals surface area contributed by atoms with Crippen molar-refractivity contribution < 1.29 is 14.3 Å². The number of allylic oxidation sites excluding steroid dienone is 1. The molecule has 0 saturated carbocycles. The summed E-state index contributed by atoms with van der Waals surface area (Å²) in [4.78, 5) is 31.4. The molecule has 0 saturated heterocycles. The molecule has 0 amide bonds. The number of esters is 1. The largest absolute Gasteiger partial charge is 0.497 e. The molecule has 1 aliphatic carbocycles. The number of nitrogens with zero attached hydrogens (tertiary/aromatic N) is 2. The average molecular weight is 509 g/mol. The zero-order valence-electron chi connectivity index (χ0n) is 20.4. The van der Waals surface area contributed by atoms with Crippen molar-refractivity contribution in [2.75, 3.05) is 14.2 Å². The Morgan fingerprint density at radius 1 is 1.03 bits per heavy atom. The number of carbonyl (C=O) groups excluding carboxylic acids is 1. The summed E-state index contributed by atoms with van der Waals surface area (Å²) in [6.45, 7) is 0. The maximum absolute atomic E-state index is 13.9. The van der Waals surface area contributed by atoms with Crippen LogP contribution in [-0.4, -0.2) is 24.8 Å². The molecule has 1 atom stereocenters. The van der Waals surface area contributed by atoms with E-state index in [4.69, 9.17) is 14.5 Å². The van der Waals surface area contributed by atoms with Crippen LogP contribution in [0.4, 0.5) is 0 Å². The Bertz CT molecular complexity index is 1750. The summed E-state index contributed by atoms with van der Waals surface area (Å²) >= 11 is 1.38. The molecular formula is C30H24N2O4S. The highest BCUT2D eigenvalue weighted by Gasteiger charge is 2.32. The molecule has 0 fully saturated rings. The summed E-state index contributed by atoms with van der Waals surface area (Å²) in [5.41, 5.74) is 6.72. The minimum Gasteiger partial charge on any atom is -0.497 e. The van der Waals surface area contributed by atoms with Gasteiger partial charge in [-0.3, -0.25) is 9.36 Å². The van der Waals surface area contributed by atoms with E-state index in [0.29, 0.717) is 14.9 Å². The van der Waals surface area contributed by atoms with Crippen LogP contribution in [0.3, 0.4) is 0 Å². The number of thiazole rings is 1. The van der Waals surface area contributed by atoms with Gasteiger partial charge in [0.05, 0.1) is 36.1 Å². The van der Waals surface area contributed by atoms with E-state index in [9.17, 15) is 9.59 Å². The van der Waals surface area contributed by atoms with Crippen LogP contribution in [0.5, 0.6) is 5.75 Å². The van der Waals surface area contributed by atoms with Crippen molar-refractivity contribution in [1.82, 2.24) is 4.57 Å². The number of benzene rings is 3. The van der Waals surface area contributed by atoms with Crippen molar-refractivity contribution >= 4 is 29.1 Å². The van der Waals surface area contributed by atoms with Crippen LogP contribution in [-0.2, 0) is 11.2 Å². The number of methoxy groups -OCH3 is 2. The summed E-state index contributed by atoms with van der Waals surface area (Å²) < 4.78 is 12.7. The zero-order valence-corrected chi connectivity index (χ0v) is 21.2. The first-order valence-corrected chi connectivity index (χ1v) is 12.8. The van der Waals surface area contributed by atoms with Gasteiger partial charge in [0.2, 0.25) is 0 Å². The minimum absolute atomic E-state index is 0.0842. The van der Waals surface area contributed by atoms with Crippen LogP contribution in [0.25, 0.3) is 11.8 Å². The lowest BCUT2D eigenvalue weighted by Crippen LogP contribution is -2.38. The maximum atomic E-state index is 13.9. The number of rotatable bonds is 4. The van der Waals surface area contributed by atoms with Crippen molar-refractivity contribution in [3.05, 3.63) is 126 Å². The highest BCUT2D eigenvalue weighted by molar-refractivity contribution is 7.07. The second-order valence-electron chi connectivity index (χ2n) is 9.00. The molecule has 1 aliphatic heterocycles. The first-order chi connectivity index (χ1) is 18.1. The highest BCUT2D eigenvalue weighted by Crippen LogP contribution is 2.41. The number of carbonyl (C=O) groups is 1. The fraction of sp³-hybridized carbons (Fsp3) is 0.167. The zero-order chi connectivity index (χ0) is 25.5. The van der Waals surface area contributed by atoms with Gasteiger partial charge in [-0.1, -0.05) is 59.9 Å². The summed E-state index contributed by atoms with van der Waals surface area (Å²) in [5, 5.41) is 0. The number of ether oxygens (including phenoxy) is 2. The first kappa shape index (κ1) is 23.2. The van der Waals surface area contributed by atoms with E-state index >= 15 is 0 Å². The Kier molecular flexibility index (Phi) is 5.85. The molecular weight excluding hydrogens is 484 g/mol. The van der Waals surface area contributed by atoms with E-state index in [1.54, 1.807) is 19.2 Å². The van der Waals surface area contributed by atoms with E-state index in [2.05, 4.69) is 18.2 Å². The Morgan fingerprint density at radius 3 is 2.62 bits per heavy atom. The lowest BCUT2D eigenvalue weighted by Gasteiger charge is -2.31. The van der Waals surface area contributed by atoms with Crippen molar-refractivity contribution in [2.45, 2.75) is 18.9 Å². The first-order valence-electron chi connectivity index (χ1n) is 12.0. The molecule has 1 aromatic heterocycles. The SMILES string of the molecule is COC(=O)c1ccc(/C=c2\sc3n(c2=O)C(c2cccc(OC)c2)C2=C(N=3)c3ccccc3CC2)cc1. The summed E-state index contributed by atoms with van der Waals surface area (Å²) in [6.07, 6.45) is 3.59. The van der Waals surface area contributed by atoms with Crippen molar-refractivity contribution in [1.29, 1.82) is 0 Å². The van der Waals surface area contributed by atoms with Gasteiger partial charge in [0.15, 0.2) is 4.80 Å². The monoisotopic (exact) mass is 508 g/mol. The smallest absolute Gasteiger partial charge is 0.337 e.